The first-order chi connectivity index (χ1) is 14.0. The number of aromatic carboxylic acids is 1. The van der Waals surface area contributed by atoms with Gasteiger partial charge in [0.2, 0.25) is 5.91 Å². The molecular weight excluding hydrogens is 397 g/mol. The standard InChI is InChI=1S/C18H25BN3O8/c1-9(20)16(23)21-10(2)17(24)22-7-12(8-22)29-13-4-3-11-5-6-19(27,28)30-15(11)14(13)18(25)26/h3-4,9-10,12,27-28H,5-8,20H2,1-2H3,(H,21,23)(H,25,26)/q-1/p+1/t9-,10-/m0/s1. The Labute approximate surface area is 172 Å². The zero-order valence-corrected chi connectivity index (χ0v) is 16.8. The van der Waals surface area contributed by atoms with Crippen molar-refractivity contribution in [2.75, 3.05) is 13.1 Å². The number of aryl methyl sites for hydroxylation is 1. The van der Waals surface area contributed by atoms with Crippen LogP contribution in [-0.2, 0) is 16.0 Å². The molecule has 0 saturated carbocycles. The van der Waals surface area contributed by atoms with Crippen molar-refractivity contribution in [3.63, 3.8) is 0 Å². The summed E-state index contributed by atoms with van der Waals surface area (Å²) in [5.41, 5.74) is 3.88. The molecule has 0 unspecified atom stereocenters. The molecule has 3 rings (SSSR count). The SMILES string of the molecule is C[C@H]([NH3+])C(=O)N[C@@H](C)C(=O)N1CC(Oc2ccc3c(c2C(=O)O)O[B-](O)(O)CC3)C1. The van der Waals surface area contributed by atoms with Crippen molar-refractivity contribution in [3.8, 4) is 11.5 Å². The van der Waals surface area contributed by atoms with Gasteiger partial charge in [-0.15, -0.1) is 0 Å². The lowest BCUT2D eigenvalue weighted by Gasteiger charge is -2.41. The van der Waals surface area contributed by atoms with Crippen molar-refractivity contribution in [3.05, 3.63) is 23.3 Å². The molecule has 7 N–H and O–H groups in total. The third-order valence-corrected chi connectivity index (χ3v) is 5.14. The molecule has 2 amide bonds. The predicted octanol–water partition coefficient (Wildman–Crippen LogP) is -2.03. The molecule has 1 aromatic rings. The number of nitrogens with one attached hydrogen (secondary N) is 1. The van der Waals surface area contributed by atoms with Gasteiger partial charge in [0.15, 0.2) is 6.04 Å². The number of carboxylic acid groups (broad SMARTS) is 1. The first kappa shape index (κ1) is 21.9. The summed E-state index contributed by atoms with van der Waals surface area (Å²) in [7, 11) is 0. The lowest BCUT2D eigenvalue weighted by molar-refractivity contribution is -0.398. The summed E-state index contributed by atoms with van der Waals surface area (Å²) in [6, 6.07) is 1.94. The van der Waals surface area contributed by atoms with Crippen LogP contribution in [0.5, 0.6) is 11.5 Å². The Hall–Kier alpha value is -2.83. The van der Waals surface area contributed by atoms with Crippen LogP contribution in [0.15, 0.2) is 12.1 Å². The van der Waals surface area contributed by atoms with Crippen LogP contribution in [0.3, 0.4) is 0 Å². The number of benzene rings is 1. The van der Waals surface area contributed by atoms with Crippen molar-refractivity contribution in [1.29, 1.82) is 0 Å². The van der Waals surface area contributed by atoms with Gasteiger partial charge in [-0.2, -0.15) is 0 Å². The summed E-state index contributed by atoms with van der Waals surface area (Å²) >= 11 is 0. The highest BCUT2D eigenvalue weighted by atomic mass is 16.6. The molecule has 2 aliphatic heterocycles. The normalized spacial score (nSPS) is 19.6. The fraction of sp³-hybridized carbons (Fsp3) is 0.500. The molecule has 12 heteroatoms. The summed E-state index contributed by atoms with van der Waals surface area (Å²) < 4.78 is 10.9. The average Bonchev–Trinajstić information content (AvgIpc) is 2.61. The molecule has 2 aliphatic rings. The van der Waals surface area contributed by atoms with Crippen LogP contribution >= 0.6 is 0 Å². The van der Waals surface area contributed by atoms with E-state index < -0.39 is 30.9 Å². The molecule has 164 valence electrons. The molecule has 1 fully saturated rings. The summed E-state index contributed by atoms with van der Waals surface area (Å²) in [4.78, 5) is 37.4. The monoisotopic (exact) mass is 423 g/mol. The van der Waals surface area contributed by atoms with E-state index in [0.717, 1.165) is 0 Å². The maximum atomic E-state index is 12.4. The molecule has 0 aromatic heterocycles. The lowest BCUT2D eigenvalue weighted by Crippen LogP contribution is -2.68. The number of rotatable bonds is 6. The molecule has 0 bridgehead atoms. The van der Waals surface area contributed by atoms with Crippen LogP contribution in [0, 0.1) is 0 Å². The third kappa shape index (κ3) is 4.50. The molecule has 0 radical (unpaired) electrons. The number of amides is 2. The highest BCUT2D eigenvalue weighted by Gasteiger charge is 2.37. The van der Waals surface area contributed by atoms with Gasteiger partial charge in [0, 0.05) is 0 Å². The maximum absolute atomic E-state index is 12.4. The van der Waals surface area contributed by atoms with E-state index in [1.165, 1.54) is 11.0 Å². The quantitative estimate of drug-likeness (QED) is 0.326. The number of carbonyl (C=O) groups is 3. The summed E-state index contributed by atoms with van der Waals surface area (Å²) in [5.74, 6) is -2.00. The first-order valence-electron chi connectivity index (χ1n) is 9.76. The largest absolute Gasteiger partial charge is 0.669 e. The number of hydrogen-bond acceptors (Lipinski definition) is 7. The van der Waals surface area contributed by atoms with E-state index in [2.05, 4.69) is 11.1 Å². The van der Waals surface area contributed by atoms with E-state index in [1.54, 1.807) is 19.9 Å². The fourth-order valence-corrected chi connectivity index (χ4v) is 3.39. The van der Waals surface area contributed by atoms with Crippen LogP contribution in [0.1, 0.15) is 29.8 Å². The van der Waals surface area contributed by atoms with Crippen molar-refractivity contribution >= 4 is 24.5 Å². The number of carbonyl (C=O) groups excluding carboxylic acids is 2. The fourth-order valence-electron chi connectivity index (χ4n) is 3.39. The number of hydrogen-bond donors (Lipinski definition) is 5. The van der Waals surface area contributed by atoms with Gasteiger partial charge in [-0.1, -0.05) is 12.4 Å². The van der Waals surface area contributed by atoms with Crippen molar-refractivity contribution in [2.24, 2.45) is 0 Å². The molecule has 2 atom stereocenters. The Morgan fingerprint density at radius 2 is 1.97 bits per heavy atom. The van der Waals surface area contributed by atoms with Crippen LogP contribution in [0.25, 0.3) is 0 Å². The van der Waals surface area contributed by atoms with E-state index in [1.807, 2.05) is 0 Å². The van der Waals surface area contributed by atoms with Crippen LogP contribution in [0.4, 0.5) is 0 Å². The van der Waals surface area contributed by atoms with Crippen molar-refractivity contribution < 1.29 is 44.7 Å². The molecule has 0 aliphatic carbocycles. The topological polar surface area (TPSA) is 173 Å². The molecule has 11 nitrogen and oxygen atoms in total. The van der Waals surface area contributed by atoms with Gasteiger partial charge in [-0.3, -0.25) is 9.59 Å². The Bertz CT molecular complexity index is 869. The minimum atomic E-state index is -3.12. The Morgan fingerprint density at radius 1 is 1.30 bits per heavy atom. The second-order valence-corrected chi connectivity index (χ2v) is 7.86. The second-order valence-electron chi connectivity index (χ2n) is 7.86. The zero-order chi connectivity index (χ0) is 22.2. The number of fused-ring (bicyclic) bond motifs is 1. The van der Waals surface area contributed by atoms with Gasteiger partial charge in [-0.05, 0) is 31.9 Å². The van der Waals surface area contributed by atoms with Gasteiger partial charge in [0.25, 0.3) is 5.91 Å². The highest BCUT2D eigenvalue weighted by Crippen LogP contribution is 2.38. The maximum Gasteiger partial charge on any atom is 0.430 e. The number of nitrogens with zero attached hydrogens (tertiary/aromatic N) is 1. The molecular formula is C18H26BN3O8. The van der Waals surface area contributed by atoms with E-state index in [0.29, 0.717) is 5.56 Å². The summed E-state index contributed by atoms with van der Waals surface area (Å²) in [6.45, 7) is 0.540. The van der Waals surface area contributed by atoms with E-state index in [-0.39, 0.29) is 54.7 Å². The van der Waals surface area contributed by atoms with Crippen LogP contribution < -0.4 is 20.4 Å². The second kappa shape index (κ2) is 8.13. The number of likely N-dealkylation sites (tertiary alicyclic amines) is 1. The first-order valence-corrected chi connectivity index (χ1v) is 9.76. The van der Waals surface area contributed by atoms with Gasteiger partial charge in [0.05, 0.1) is 18.8 Å². The number of carboxylic acids is 1. The van der Waals surface area contributed by atoms with Gasteiger partial charge >= 0.3 is 12.7 Å². The van der Waals surface area contributed by atoms with E-state index in [4.69, 9.17) is 9.39 Å². The molecule has 1 aromatic carbocycles. The highest BCUT2D eigenvalue weighted by molar-refractivity contribution is 6.59. The Morgan fingerprint density at radius 3 is 2.57 bits per heavy atom. The number of ether oxygens (including phenoxy) is 1. The van der Waals surface area contributed by atoms with Crippen LogP contribution in [-0.4, -0.2) is 75.9 Å². The van der Waals surface area contributed by atoms with Crippen LogP contribution in [0.2, 0.25) is 6.32 Å². The minimum absolute atomic E-state index is 0.0203. The zero-order valence-electron chi connectivity index (χ0n) is 16.8. The number of quaternary nitrogens is 1. The predicted molar refractivity (Wildman–Crippen MR) is 104 cm³/mol. The molecule has 1 saturated heterocycles. The average molecular weight is 423 g/mol. The molecule has 0 spiro atoms. The summed E-state index contributed by atoms with van der Waals surface area (Å²) in [5, 5.41) is 31.8. The van der Waals surface area contributed by atoms with Gasteiger partial charge < -0.3 is 40.5 Å². The summed E-state index contributed by atoms with van der Waals surface area (Å²) in [6.07, 6.45) is -0.195. The molecule has 2 heterocycles. The molecule has 30 heavy (non-hydrogen) atoms. The van der Waals surface area contributed by atoms with E-state index in [9.17, 15) is 29.5 Å². The van der Waals surface area contributed by atoms with Crippen molar-refractivity contribution in [2.45, 2.75) is 44.8 Å². The Kier molecular flexibility index (Phi) is 5.93. The van der Waals surface area contributed by atoms with Gasteiger partial charge in [0.1, 0.15) is 23.5 Å². The minimum Gasteiger partial charge on any atom is -0.669 e. The van der Waals surface area contributed by atoms with E-state index >= 15 is 0 Å². The smallest absolute Gasteiger partial charge is 0.430 e. The van der Waals surface area contributed by atoms with Crippen molar-refractivity contribution in [1.82, 2.24) is 10.2 Å². The Balaban J connectivity index is 1.66. The van der Waals surface area contributed by atoms with Gasteiger partial charge in [-0.25, -0.2) is 4.79 Å². The lowest BCUT2D eigenvalue weighted by atomic mass is 9.70. The third-order valence-electron chi connectivity index (χ3n) is 5.14.